The molecule has 0 unspecified atom stereocenters. The maximum absolute atomic E-state index is 12.5. The molecular weight excluding hydrogens is 384 g/mol. The number of pyridine rings is 1. The molecule has 0 fully saturated rings. The maximum Gasteiger partial charge on any atom is 0.261 e. The second-order valence-corrected chi connectivity index (χ2v) is 7.86. The van der Waals surface area contributed by atoms with Crippen molar-refractivity contribution in [2.75, 3.05) is 10.0 Å². The van der Waals surface area contributed by atoms with E-state index >= 15 is 0 Å². The van der Waals surface area contributed by atoms with Crippen molar-refractivity contribution in [2.24, 2.45) is 0 Å². The molecule has 1 heterocycles. The number of anilines is 3. The van der Waals surface area contributed by atoms with Gasteiger partial charge in [-0.2, -0.15) is 5.26 Å². The largest absolute Gasteiger partial charge is 0.340 e. The molecular formula is C19H15ClN4O2S. The van der Waals surface area contributed by atoms with Crippen LogP contribution in [-0.2, 0) is 10.0 Å². The van der Waals surface area contributed by atoms with E-state index in [-0.39, 0.29) is 4.90 Å². The SMILES string of the molecule is Cc1cc(S(=O)(=O)Nc2ccc(Nc3cccc(C#N)c3)nc2)ccc1Cl. The molecule has 1 aromatic heterocycles. The Morgan fingerprint density at radius 1 is 1.07 bits per heavy atom. The summed E-state index contributed by atoms with van der Waals surface area (Å²) in [5, 5.41) is 12.5. The summed E-state index contributed by atoms with van der Waals surface area (Å²) in [7, 11) is -3.74. The van der Waals surface area contributed by atoms with Gasteiger partial charge in [-0.1, -0.05) is 17.7 Å². The molecule has 27 heavy (non-hydrogen) atoms. The first kappa shape index (κ1) is 18.7. The molecule has 0 amide bonds. The Hall–Kier alpha value is -3.08. The Morgan fingerprint density at radius 3 is 2.56 bits per heavy atom. The van der Waals surface area contributed by atoms with E-state index in [1.54, 1.807) is 43.3 Å². The lowest BCUT2D eigenvalue weighted by Gasteiger charge is -2.10. The molecule has 136 valence electrons. The standard InChI is InChI=1S/C19H15ClN4O2S/c1-13-9-17(6-7-18(13)20)27(25,26)24-16-5-8-19(22-12-16)23-15-4-2-3-14(10-15)11-21/h2-10,12,24H,1H3,(H,22,23). The highest BCUT2D eigenvalue weighted by atomic mass is 35.5. The van der Waals surface area contributed by atoms with Gasteiger partial charge in [-0.15, -0.1) is 0 Å². The van der Waals surface area contributed by atoms with E-state index in [4.69, 9.17) is 16.9 Å². The van der Waals surface area contributed by atoms with Crippen LogP contribution in [0.15, 0.2) is 65.7 Å². The van der Waals surface area contributed by atoms with Crippen molar-refractivity contribution >= 4 is 38.8 Å². The number of halogens is 1. The summed E-state index contributed by atoms with van der Waals surface area (Å²) in [5.74, 6) is 0.523. The van der Waals surface area contributed by atoms with Gasteiger partial charge in [0.1, 0.15) is 5.82 Å². The van der Waals surface area contributed by atoms with Crippen molar-refractivity contribution < 1.29 is 8.42 Å². The Bertz CT molecular complexity index is 1120. The first-order chi connectivity index (χ1) is 12.9. The average molecular weight is 399 g/mol. The predicted molar refractivity (Wildman–Crippen MR) is 106 cm³/mol. The molecule has 8 heteroatoms. The maximum atomic E-state index is 12.5. The molecule has 0 saturated heterocycles. The number of sulfonamides is 1. The third kappa shape index (κ3) is 4.56. The fraction of sp³-hybridized carbons (Fsp3) is 0.0526. The van der Waals surface area contributed by atoms with Gasteiger partial charge < -0.3 is 5.32 Å². The second-order valence-electron chi connectivity index (χ2n) is 5.77. The number of nitrogens with zero attached hydrogens (tertiary/aromatic N) is 2. The number of hydrogen-bond donors (Lipinski definition) is 2. The van der Waals surface area contributed by atoms with Gasteiger partial charge in [-0.3, -0.25) is 4.72 Å². The van der Waals surface area contributed by atoms with Gasteiger partial charge in [0.05, 0.1) is 28.4 Å². The highest BCUT2D eigenvalue weighted by molar-refractivity contribution is 7.92. The molecule has 2 N–H and O–H groups in total. The van der Waals surface area contributed by atoms with Gasteiger partial charge in [0, 0.05) is 10.7 Å². The van der Waals surface area contributed by atoms with Gasteiger partial charge in [-0.25, -0.2) is 13.4 Å². The van der Waals surface area contributed by atoms with Gasteiger partial charge >= 0.3 is 0 Å². The quantitative estimate of drug-likeness (QED) is 0.661. The number of rotatable bonds is 5. The highest BCUT2D eigenvalue weighted by Crippen LogP contribution is 2.22. The molecule has 6 nitrogen and oxygen atoms in total. The van der Waals surface area contributed by atoms with Crippen LogP contribution in [0.1, 0.15) is 11.1 Å². The van der Waals surface area contributed by atoms with Crippen LogP contribution in [-0.4, -0.2) is 13.4 Å². The summed E-state index contributed by atoms with van der Waals surface area (Å²) >= 11 is 5.94. The van der Waals surface area contributed by atoms with E-state index in [1.807, 2.05) is 6.07 Å². The van der Waals surface area contributed by atoms with Crippen LogP contribution in [0.3, 0.4) is 0 Å². The summed E-state index contributed by atoms with van der Waals surface area (Å²) in [6.45, 7) is 1.74. The van der Waals surface area contributed by atoms with Crippen LogP contribution in [0.5, 0.6) is 0 Å². The van der Waals surface area contributed by atoms with E-state index in [1.165, 1.54) is 18.3 Å². The molecule has 0 aliphatic rings. The Kier molecular flexibility index (Phi) is 5.31. The van der Waals surface area contributed by atoms with Crippen LogP contribution in [0, 0.1) is 18.3 Å². The summed E-state index contributed by atoms with van der Waals surface area (Å²) in [6, 6.07) is 16.8. The van der Waals surface area contributed by atoms with E-state index in [0.29, 0.717) is 33.3 Å². The number of aryl methyl sites for hydroxylation is 1. The van der Waals surface area contributed by atoms with E-state index in [0.717, 1.165) is 0 Å². The van der Waals surface area contributed by atoms with E-state index < -0.39 is 10.0 Å². The zero-order valence-electron chi connectivity index (χ0n) is 14.3. The van der Waals surface area contributed by atoms with E-state index in [2.05, 4.69) is 21.1 Å². The molecule has 0 aliphatic heterocycles. The molecule has 2 aromatic carbocycles. The predicted octanol–water partition coefficient (Wildman–Crippen LogP) is 4.46. The minimum absolute atomic E-state index is 0.125. The van der Waals surface area contributed by atoms with Gasteiger partial charge in [0.2, 0.25) is 0 Å². The number of nitrogens with one attached hydrogen (secondary N) is 2. The number of nitriles is 1. The number of aromatic nitrogens is 1. The first-order valence-electron chi connectivity index (χ1n) is 7.89. The molecule has 0 atom stereocenters. The summed E-state index contributed by atoms with van der Waals surface area (Å²) in [6.07, 6.45) is 1.41. The normalized spacial score (nSPS) is 10.9. The van der Waals surface area contributed by atoms with Crippen molar-refractivity contribution in [3.05, 3.63) is 76.9 Å². The zero-order chi connectivity index (χ0) is 19.4. The smallest absolute Gasteiger partial charge is 0.261 e. The van der Waals surface area contributed by atoms with Crippen LogP contribution in [0.2, 0.25) is 5.02 Å². The molecule has 0 radical (unpaired) electrons. The summed E-state index contributed by atoms with van der Waals surface area (Å²) in [5.41, 5.74) is 2.25. The molecule has 0 spiro atoms. The minimum Gasteiger partial charge on any atom is -0.340 e. The summed E-state index contributed by atoms with van der Waals surface area (Å²) in [4.78, 5) is 4.32. The Labute approximate surface area is 162 Å². The number of benzene rings is 2. The van der Waals surface area contributed by atoms with Crippen molar-refractivity contribution in [2.45, 2.75) is 11.8 Å². The molecule has 0 bridgehead atoms. The van der Waals surface area contributed by atoms with Gasteiger partial charge in [-0.05, 0) is 61.0 Å². The monoisotopic (exact) mass is 398 g/mol. The van der Waals surface area contributed by atoms with Crippen molar-refractivity contribution in [1.29, 1.82) is 5.26 Å². The fourth-order valence-corrected chi connectivity index (χ4v) is 3.59. The number of hydrogen-bond acceptors (Lipinski definition) is 5. The van der Waals surface area contributed by atoms with Crippen LogP contribution in [0.4, 0.5) is 17.2 Å². The van der Waals surface area contributed by atoms with Gasteiger partial charge in [0.15, 0.2) is 0 Å². The lowest BCUT2D eigenvalue weighted by molar-refractivity contribution is 0.601. The lowest BCUT2D eigenvalue weighted by atomic mass is 10.2. The van der Waals surface area contributed by atoms with Crippen LogP contribution in [0.25, 0.3) is 0 Å². The zero-order valence-corrected chi connectivity index (χ0v) is 15.8. The van der Waals surface area contributed by atoms with Crippen LogP contribution < -0.4 is 10.0 Å². The lowest BCUT2D eigenvalue weighted by Crippen LogP contribution is -2.13. The molecule has 3 aromatic rings. The molecule has 3 rings (SSSR count). The van der Waals surface area contributed by atoms with Crippen molar-refractivity contribution in [1.82, 2.24) is 4.98 Å². The minimum atomic E-state index is -3.74. The molecule has 0 saturated carbocycles. The second kappa shape index (κ2) is 7.66. The third-order valence-corrected chi connectivity index (χ3v) is 5.52. The third-order valence-electron chi connectivity index (χ3n) is 3.72. The van der Waals surface area contributed by atoms with Crippen LogP contribution >= 0.6 is 11.6 Å². The fourth-order valence-electron chi connectivity index (χ4n) is 2.34. The highest BCUT2D eigenvalue weighted by Gasteiger charge is 2.15. The van der Waals surface area contributed by atoms with Crippen molar-refractivity contribution in [3.63, 3.8) is 0 Å². The Balaban J connectivity index is 1.75. The Morgan fingerprint density at radius 2 is 1.89 bits per heavy atom. The average Bonchev–Trinajstić information content (AvgIpc) is 2.65. The summed E-state index contributed by atoms with van der Waals surface area (Å²) < 4.78 is 27.5. The first-order valence-corrected chi connectivity index (χ1v) is 9.76. The molecule has 0 aliphatic carbocycles. The van der Waals surface area contributed by atoms with Gasteiger partial charge in [0.25, 0.3) is 10.0 Å². The van der Waals surface area contributed by atoms with E-state index in [9.17, 15) is 8.42 Å². The topological polar surface area (TPSA) is 94.9 Å². The van der Waals surface area contributed by atoms with Crippen molar-refractivity contribution in [3.8, 4) is 6.07 Å².